The highest BCUT2D eigenvalue weighted by Gasteiger charge is 2.52. The number of para-hydroxylation sites is 1. The number of rotatable bonds is 3. The Labute approximate surface area is 133 Å². The number of sulfonamides is 1. The molecule has 2 bridgehead atoms. The molecule has 0 radical (unpaired) electrons. The molecule has 7 heteroatoms. The number of aromatic nitrogens is 1. The maximum Gasteiger partial charge on any atom is 0.220 e. The van der Waals surface area contributed by atoms with E-state index in [1.807, 2.05) is 18.2 Å². The van der Waals surface area contributed by atoms with Gasteiger partial charge in [-0.15, -0.1) is 0 Å². The van der Waals surface area contributed by atoms with Gasteiger partial charge in [0.25, 0.3) is 0 Å². The van der Waals surface area contributed by atoms with Gasteiger partial charge in [0, 0.05) is 30.3 Å². The van der Waals surface area contributed by atoms with Gasteiger partial charge < -0.3 is 9.26 Å². The monoisotopic (exact) mass is 332 g/mol. The second-order valence-electron chi connectivity index (χ2n) is 6.48. The molecule has 4 atom stereocenters. The van der Waals surface area contributed by atoms with E-state index in [2.05, 4.69) is 17.3 Å². The zero-order valence-corrected chi connectivity index (χ0v) is 13.1. The second-order valence-corrected chi connectivity index (χ2v) is 8.45. The minimum Gasteiger partial charge on any atom is -0.366 e. The molecule has 0 N–H and O–H groups in total. The predicted molar refractivity (Wildman–Crippen MR) is 83.0 cm³/mol. The Morgan fingerprint density at radius 3 is 2.57 bits per heavy atom. The first-order valence-corrected chi connectivity index (χ1v) is 9.38. The molecule has 0 saturated carbocycles. The van der Waals surface area contributed by atoms with Gasteiger partial charge in [0.05, 0.1) is 12.2 Å². The molecule has 2 fully saturated rings. The maximum absolute atomic E-state index is 12.8. The molecule has 3 aliphatic heterocycles. The number of hydrogen-bond donors (Lipinski definition) is 0. The van der Waals surface area contributed by atoms with Crippen molar-refractivity contribution in [2.75, 3.05) is 13.1 Å². The third-order valence-corrected chi connectivity index (χ3v) is 6.92. The minimum atomic E-state index is -3.41. The molecule has 120 valence electrons. The maximum atomic E-state index is 12.8. The fourth-order valence-electron chi connectivity index (χ4n) is 4.02. The lowest BCUT2D eigenvalue weighted by atomic mass is 9.86. The standard InChI is InChI=1S/C16H16N2O4S/c19-23(20,9-13-10-3-1-2-4-16(10)22-17-13)18-7-11-12(8-18)15-6-5-14(11)21-15/h1-6,11-12,14-15H,7-9H2. The second kappa shape index (κ2) is 4.66. The van der Waals surface area contributed by atoms with Crippen LogP contribution in [0.2, 0.25) is 0 Å². The van der Waals surface area contributed by atoms with Crippen molar-refractivity contribution in [1.82, 2.24) is 9.46 Å². The largest absolute Gasteiger partial charge is 0.366 e. The molecule has 0 amide bonds. The topological polar surface area (TPSA) is 72.6 Å². The summed E-state index contributed by atoms with van der Waals surface area (Å²) in [7, 11) is -3.41. The van der Waals surface area contributed by atoms with Crippen molar-refractivity contribution in [2.45, 2.75) is 18.0 Å². The number of nitrogens with zero attached hydrogens (tertiary/aromatic N) is 2. The van der Waals surface area contributed by atoms with E-state index in [9.17, 15) is 8.42 Å². The molecule has 6 nitrogen and oxygen atoms in total. The molecule has 2 aromatic rings. The summed E-state index contributed by atoms with van der Waals surface area (Å²) in [4.78, 5) is 0. The highest BCUT2D eigenvalue weighted by atomic mass is 32.2. The van der Waals surface area contributed by atoms with E-state index in [0.717, 1.165) is 5.39 Å². The van der Waals surface area contributed by atoms with E-state index in [1.54, 1.807) is 10.4 Å². The van der Waals surface area contributed by atoms with Gasteiger partial charge in [-0.2, -0.15) is 0 Å². The van der Waals surface area contributed by atoms with Crippen LogP contribution in [-0.2, 0) is 20.5 Å². The summed E-state index contributed by atoms with van der Waals surface area (Å²) in [5, 5.41) is 4.71. The number of fused-ring (bicyclic) bond motifs is 6. The van der Waals surface area contributed by atoms with E-state index in [4.69, 9.17) is 9.26 Å². The molecule has 0 aliphatic carbocycles. The molecule has 0 spiro atoms. The Kier molecular flexibility index (Phi) is 2.78. The zero-order valence-electron chi connectivity index (χ0n) is 12.3. The van der Waals surface area contributed by atoms with Crippen molar-refractivity contribution < 1.29 is 17.7 Å². The van der Waals surface area contributed by atoms with Gasteiger partial charge in [0.1, 0.15) is 11.4 Å². The highest BCUT2D eigenvalue weighted by Crippen LogP contribution is 2.44. The van der Waals surface area contributed by atoms with Crippen LogP contribution in [0.5, 0.6) is 0 Å². The average molecular weight is 332 g/mol. The van der Waals surface area contributed by atoms with Gasteiger partial charge in [0.2, 0.25) is 10.0 Å². The van der Waals surface area contributed by atoms with Crippen molar-refractivity contribution >= 4 is 21.0 Å². The summed E-state index contributed by atoms with van der Waals surface area (Å²) in [6, 6.07) is 7.33. The first-order chi connectivity index (χ1) is 11.1. The minimum absolute atomic E-state index is 0.0816. The Hall–Kier alpha value is -1.70. The van der Waals surface area contributed by atoms with Crippen LogP contribution in [0.3, 0.4) is 0 Å². The van der Waals surface area contributed by atoms with Crippen molar-refractivity contribution in [2.24, 2.45) is 11.8 Å². The van der Waals surface area contributed by atoms with Crippen molar-refractivity contribution in [3.8, 4) is 0 Å². The van der Waals surface area contributed by atoms with Crippen LogP contribution in [-0.4, -0.2) is 43.2 Å². The van der Waals surface area contributed by atoms with Crippen LogP contribution < -0.4 is 0 Å². The Morgan fingerprint density at radius 1 is 1.13 bits per heavy atom. The number of hydrogen-bond acceptors (Lipinski definition) is 5. The molecule has 4 unspecified atom stereocenters. The van der Waals surface area contributed by atoms with Crippen LogP contribution in [0.1, 0.15) is 5.69 Å². The van der Waals surface area contributed by atoms with E-state index < -0.39 is 10.0 Å². The summed E-state index contributed by atoms with van der Waals surface area (Å²) < 4.78 is 38.2. The third kappa shape index (κ3) is 2.00. The fourth-order valence-corrected chi connectivity index (χ4v) is 5.56. The summed E-state index contributed by atoms with van der Waals surface area (Å²) in [6.45, 7) is 1.07. The number of benzene rings is 1. The van der Waals surface area contributed by atoms with Crippen LogP contribution in [0.4, 0.5) is 0 Å². The molecule has 1 aromatic heterocycles. The molecular formula is C16H16N2O4S. The zero-order chi connectivity index (χ0) is 15.6. The molecule has 23 heavy (non-hydrogen) atoms. The number of ether oxygens (including phenoxy) is 1. The van der Waals surface area contributed by atoms with Crippen LogP contribution in [0.25, 0.3) is 11.0 Å². The normalized spacial score (nSPS) is 32.9. The Morgan fingerprint density at radius 2 is 1.83 bits per heavy atom. The SMILES string of the molecule is O=S(=O)(Cc1noc2ccccc12)N1CC2C3C=CC(O3)C2C1. The first-order valence-electron chi connectivity index (χ1n) is 7.77. The van der Waals surface area contributed by atoms with Crippen LogP contribution in [0, 0.1) is 11.8 Å². The highest BCUT2D eigenvalue weighted by molar-refractivity contribution is 7.88. The van der Waals surface area contributed by atoms with Gasteiger partial charge in [-0.25, -0.2) is 12.7 Å². The van der Waals surface area contributed by atoms with Crippen molar-refractivity contribution in [3.63, 3.8) is 0 Å². The fraction of sp³-hybridized carbons (Fsp3) is 0.438. The molecule has 3 aliphatic rings. The van der Waals surface area contributed by atoms with Crippen LogP contribution >= 0.6 is 0 Å². The van der Waals surface area contributed by atoms with E-state index >= 15 is 0 Å². The first kappa shape index (κ1) is 13.7. The van der Waals surface area contributed by atoms with E-state index in [0.29, 0.717) is 24.4 Å². The van der Waals surface area contributed by atoms with Gasteiger partial charge in [-0.3, -0.25) is 0 Å². The predicted octanol–water partition coefficient (Wildman–Crippen LogP) is 1.54. The molecule has 5 rings (SSSR count). The summed E-state index contributed by atoms with van der Waals surface area (Å²) in [5.41, 5.74) is 1.10. The Balaban J connectivity index is 1.40. The lowest BCUT2D eigenvalue weighted by Crippen LogP contribution is -2.32. The van der Waals surface area contributed by atoms with Gasteiger partial charge >= 0.3 is 0 Å². The Bertz CT molecular complexity index is 884. The van der Waals surface area contributed by atoms with Gasteiger partial charge in [0.15, 0.2) is 5.58 Å². The van der Waals surface area contributed by atoms with E-state index in [1.165, 1.54) is 0 Å². The lowest BCUT2D eigenvalue weighted by molar-refractivity contribution is 0.0929. The van der Waals surface area contributed by atoms with Crippen molar-refractivity contribution in [3.05, 3.63) is 42.1 Å². The van der Waals surface area contributed by atoms with Gasteiger partial charge in [-0.05, 0) is 12.1 Å². The molecule has 4 heterocycles. The molecule has 1 aromatic carbocycles. The van der Waals surface area contributed by atoms with E-state index in [-0.39, 0.29) is 29.8 Å². The lowest BCUT2D eigenvalue weighted by Gasteiger charge is -2.18. The van der Waals surface area contributed by atoms with Crippen LogP contribution in [0.15, 0.2) is 40.9 Å². The summed E-state index contributed by atoms with van der Waals surface area (Å²) >= 11 is 0. The molecular weight excluding hydrogens is 316 g/mol. The third-order valence-electron chi connectivity index (χ3n) is 5.19. The average Bonchev–Trinajstić information content (AvgIpc) is 3.28. The molecule has 2 saturated heterocycles. The summed E-state index contributed by atoms with van der Waals surface area (Å²) in [5.74, 6) is 0.454. The quantitative estimate of drug-likeness (QED) is 0.797. The van der Waals surface area contributed by atoms with Gasteiger partial charge in [-0.1, -0.05) is 29.4 Å². The van der Waals surface area contributed by atoms with Crippen molar-refractivity contribution in [1.29, 1.82) is 0 Å². The summed E-state index contributed by atoms with van der Waals surface area (Å²) in [6.07, 6.45) is 4.29. The smallest absolute Gasteiger partial charge is 0.220 e.